The van der Waals surface area contributed by atoms with Crippen LogP contribution in [0.3, 0.4) is 0 Å². The molecular formula is C18H21BrN2O4. The van der Waals surface area contributed by atoms with Gasteiger partial charge in [-0.25, -0.2) is 10.2 Å². The predicted octanol–water partition coefficient (Wildman–Crippen LogP) is 3.52. The highest BCUT2D eigenvalue weighted by atomic mass is 79.9. The van der Waals surface area contributed by atoms with Crippen molar-refractivity contribution in [2.45, 2.75) is 13.5 Å². The first-order valence-electron chi connectivity index (χ1n) is 7.82. The maximum atomic E-state index is 11.3. The van der Waals surface area contributed by atoms with E-state index in [-0.39, 0.29) is 6.61 Å². The summed E-state index contributed by atoms with van der Waals surface area (Å²) in [7, 11) is 1.32. The van der Waals surface area contributed by atoms with Gasteiger partial charge in [-0.1, -0.05) is 18.2 Å². The van der Waals surface area contributed by atoms with Crippen molar-refractivity contribution < 1.29 is 19.0 Å². The Hall–Kier alpha value is -2.25. The Bertz CT molecular complexity index is 695. The lowest BCUT2D eigenvalue weighted by atomic mass is 10.2. The van der Waals surface area contributed by atoms with Crippen molar-refractivity contribution in [3.63, 3.8) is 0 Å². The van der Waals surface area contributed by atoms with Crippen molar-refractivity contribution in [2.75, 3.05) is 25.7 Å². The number of benzene rings is 2. The van der Waals surface area contributed by atoms with Gasteiger partial charge in [-0.05, 0) is 52.7 Å². The monoisotopic (exact) mass is 408 g/mol. The first-order chi connectivity index (χ1) is 12.1. The van der Waals surface area contributed by atoms with Crippen molar-refractivity contribution in [1.82, 2.24) is 5.43 Å². The van der Waals surface area contributed by atoms with E-state index in [1.165, 1.54) is 7.11 Å². The van der Waals surface area contributed by atoms with Gasteiger partial charge in [0.2, 0.25) is 0 Å². The van der Waals surface area contributed by atoms with Gasteiger partial charge >= 0.3 is 5.97 Å². The summed E-state index contributed by atoms with van der Waals surface area (Å²) in [6.45, 7) is 2.77. The van der Waals surface area contributed by atoms with Gasteiger partial charge in [-0.15, -0.1) is 0 Å². The topological polar surface area (TPSA) is 68.8 Å². The Balaban J connectivity index is 2.05. The van der Waals surface area contributed by atoms with E-state index in [9.17, 15) is 4.79 Å². The van der Waals surface area contributed by atoms with Gasteiger partial charge in [0.05, 0.1) is 18.2 Å². The molecule has 0 aromatic heterocycles. The lowest BCUT2D eigenvalue weighted by molar-refractivity contribution is -0.142. The van der Waals surface area contributed by atoms with E-state index in [1.807, 2.05) is 49.4 Å². The van der Waals surface area contributed by atoms with Crippen LogP contribution >= 0.6 is 15.9 Å². The summed E-state index contributed by atoms with van der Waals surface area (Å²) in [6, 6.07) is 13.6. The van der Waals surface area contributed by atoms with E-state index >= 15 is 0 Å². The summed E-state index contributed by atoms with van der Waals surface area (Å²) >= 11 is 3.47. The van der Waals surface area contributed by atoms with Crippen molar-refractivity contribution in [3.8, 4) is 11.5 Å². The maximum Gasteiger partial charge on any atom is 0.343 e. The largest absolute Gasteiger partial charge is 0.490 e. The van der Waals surface area contributed by atoms with Crippen molar-refractivity contribution in [3.05, 3.63) is 52.5 Å². The average Bonchev–Trinajstić information content (AvgIpc) is 2.62. The van der Waals surface area contributed by atoms with Crippen LogP contribution in [0.5, 0.6) is 11.5 Å². The van der Waals surface area contributed by atoms with Gasteiger partial charge in [-0.2, -0.15) is 0 Å². The lowest BCUT2D eigenvalue weighted by Crippen LogP contribution is -2.21. The average molecular weight is 409 g/mol. The highest BCUT2D eigenvalue weighted by molar-refractivity contribution is 9.10. The number of para-hydroxylation sites is 1. The number of nitrogens with one attached hydrogen (secondary N) is 2. The minimum atomic E-state index is -0.452. The number of ether oxygens (including phenoxy) is 3. The highest BCUT2D eigenvalue weighted by Gasteiger charge is 2.14. The molecule has 134 valence electrons. The van der Waals surface area contributed by atoms with Crippen LogP contribution in [-0.4, -0.2) is 26.3 Å². The van der Waals surface area contributed by atoms with Gasteiger partial charge in [0.25, 0.3) is 0 Å². The molecular weight excluding hydrogens is 388 g/mol. The van der Waals surface area contributed by atoms with Gasteiger partial charge in [0.1, 0.15) is 0 Å². The van der Waals surface area contributed by atoms with Crippen LogP contribution in [0.2, 0.25) is 0 Å². The number of rotatable bonds is 9. The molecule has 0 amide bonds. The van der Waals surface area contributed by atoms with Crippen LogP contribution in [0.15, 0.2) is 46.9 Å². The first kappa shape index (κ1) is 19.1. The van der Waals surface area contributed by atoms with Crippen LogP contribution in [0, 0.1) is 0 Å². The third kappa shape index (κ3) is 5.95. The fraction of sp³-hybridized carbons (Fsp3) is 0.278. The molecule has 0 aliphatic carbocycles. The predicted molar refractivity (Wildman–Crippen MR) is 99.7 cm³/mol. The summed E-state index contributed by atoms with van der Waals surface area (Å²) in [4.78, 5) is 11.3. The van der Waals surface area contributed by atoms with Gasteiger partial charge in [-0.3, -0.25) is 0 Å². The van der Waals surface area contributed by atoms with E-state index in [1.54, 1.807) is 0 Å². The normalized spacial score (nSPS) is 10.2. The fourth-order valence-corrected chi connectivity index (χ4v) is 2.69. The SMILES string of the molecule is CCOc1cc(CNNc2ccccc2)cc(Br)c1OCC(=O)OC. The zero-order valence-corrected chi connectivity index (χ0v) is 15.8. The van der Waals surface area contributed by atoms with Crippen LogP contribution in [-0.2, 0) is 16.1 Å². The van der Waals surface area contributed by atoms with E-state index in [0.29, 0.717) is 29.1 Å². The third-order valence-electron chi connectivity index (χ3n) is 3.23. The molecule has 25 heavy (non-hydrogen) atoms. The second-order valence-corrected chi connectivity index (χ2v) is 5.90. The van der Waals surface area contributed by atoms with Gasteiger partial charge < -0.3 is 19.6 Å². The molecule has 0 spiro atoms. The van der Waals surface area contributed by atoms with Crippen LogP contribution in [0.1, 0.15) is 12.5 Å². The number of anilines is 1. The molecule has 0 heterocycles. The zero-order valence-electron chi connectivity index (χ0n) is 14.2. The number of esters is 1. The van der Waals surface area contributed by atoms with E-state index < -0.39 is 5.97 Å². The molecule has 0 aliphatic heterocycles. The molecule has 0 aliphatic rings. The maximum absolute atomic E-state index is 11.3. The number of halogens is 1. The Morgan fingerprint density at radius 3 is 2.60 bits per heavy atom. The molecule has 2 aromatic rings. The molecule has 7 heteroatoms. The summed E-state index contributed by atoms with van der Waals surface area (Å²) < 4.78 is 16.5. The van der Waals surface area contributed by atoms with E-state index in [2.05, 4.69) is 31.5 Å². The van der Waals surface area contributed by atoms with E-state index in [0.717, 1.165) is 11.3 Å². The minimum Gasteiger partial charge on any atom is -0.490 e. The van der Waals surface area contributed by atoms with Gasteiger partial charge in [0, 0.05) is 12.2 Å². The number of carbonyl (C=O) groups excluding carboxylic acids is 1. The number of hydrogen-bond acceptors (Lipinski definition) is 6. The van der Waals surface area contributed by atoms with E-state index in [4.69, 9.17) is 9.47 Å². The minimum absolute atomic E-state index is 0.178. The second-order valence-electron chi connectivity index (χ2n) is 5.05. The molecule has 2 N–H and O–H groups in total. The molecule has 0 unspecified atom stereocenters. The molecule has 2 rings (SSSR count). The number of carbonyl (C=O) groups is 1. The standard InChI is InChI=1S/C18H21BrN2O4/c1-3-24-16-10-13(11-20-21-14-7-5-4-6-8-14)9-15(19)18(16)25-12-17(22)23-2/h4-10,20-21H,3,11-12H2,1-2H3. The second kappa shape index (κ2) is 9.90. The summed E-state index contributed by atoms with van der Waals surface area (Å²) in [5.41, 5.74) is 8.25. The Morgan fingerprint density at radius 2 is 1.92 bits per heavy atom. The molecule has 0 saturated heterocycles. The molecule has 0 bridgehead atoms. The molecule has 0 saturated carbocycles. The fourth-order valence-electron chi connectivity index (χ4n) is 2.09. The quantitative estimate of drug-likeness (QED) is 0.488. The molecule has 6 nitrogen and oxygen atoms in total. The van der Waals surface area contributed by atoms with Crippen LogP contribution in [0.25, 0.3) is 0 Å². The first-order valence-corrected chi connectivity index (χ1v) is 8.62. The number of hydrazine groups is 1. The molecule has 2 aromatic carbocycles. The summed E-state index contributed by atoms with van der Waals surface area (Å²) in [6.07, 6.45) is 0. The Labute approximate surface area is 155 Å². The number of methoxy groups -OCH3 is 1. The van der Waals surface area contributed by atoms with Crippen LogP contribution in [0.4, 0.5) is 5.69 Å². The molecule has 0 radical (unpaired) electrons. The smallest absolute Gasteiger partial charge is 0.343 e. The summed E-state index contributed by atoms with van der Waals surface area (Å²) in [5.74, 6) is 0.594. The summed E-state index contributed by atoms with van der Waals surface area (Å²) in [5, 5.41) is 0. The van der Waals surface area contributed by atoms with Crippen LogP contribution < -0.4 is 20.3 Å². The van der Waals surface area contributed by atoms with Crippen molar-refractivity contribution >= 4 is 27.6 Å². The van der Waals surface area contributed by atoms with Gasteiger partial charge in [0.15, 0.2) is 18.1 Å². The highest BCUT2D eigenvalue weighted by Crippen LogP contribution is 2.37. The number of hydrogen-bond donors (Lipinski definition) is 2. The van der Waals surface area contributed by atoms with Crippen molar-refractivity contribution in [1.29, 1.82) is 0 Å². The Morgan fingerprint density at radius 1 is 1.16 bits per heavy atom. The zero-order chi connectivity index (χ0) is 18.1. The van der Waals surface area contributed by atoms with Crippen molar-refractivity contribution in [2.24, 2.45) is 0 Å². The lowest BCUT2D eigenvalue weighted by Gasteiger charge is -2.15. The molecule has 0 fully saturated rings. The Kier molecular flexibility index (Phi) is 7.56. The third-order valence-corrected chi connectivity index (χ3v) is 3.82. The molecule has 0 atom stereocenters.